The van der Waals surface area contributed by atoms with Gasteiger partial charge in [-0.05, 0) is 51.3 Å². The molecule has 2 aromatic heterocycles. The Morgan fingerprint density at radius 2 is 1.81 bits per heavy atom. The van der Waals surface area contributed by atoms with Gasteiger partial charge in [0, 0.05) is 44.4 Å². The number of fused-ring (bicyclic) bond motifs is 1. The van der Waals surface area contributed by atoms with E-state index >= 15 is 0 Å². The third-order valence-corrected chi connectivity index (χ3v) is 6.46. The van der Waals surface area contributed by atoms with E-state index in [1.54, 1.807) is 61.2 Å². The number of alkyl halides is 3. The van der Waals surface area contributed by atoms with Gasteiger partial charge in [0.05, 0.1) is 34.0 Å². The maximum atomic E-state index is 14.1. The van der Waals surface area contributed by atoms with Crippen molar-refractivity contribution in [3.63, 3.8) is 0 Å². The van der Waals surface area contributed by atoms with Gasteiger partial charge in [0.1, 0.15) is 11.3 Å². The highest BCUT2D eigenvalue weighted by molar-refractivity contribution is 5.89. The maximum Gasteiger partial charge on any atom is 0.419 e. The van der Waals surface area contributed by atoms with E-state index in [0.29, 0.717) is 29.4 Å². The molecule has 0 bridgehead atoms. The van der Waals surface area contributed by atoms with Crippen LogP contribution in [0.25, 0.3) is 11.0 Å². The van der Waals surface area contributed by atoms with Crippen LogP contribution >= 0.6 is 0 Å². The summed E-state index contributed by atoms with van der Waals surface area (Å²) in [5.74, 6) is 0. The number of hydrogen-bond acceptors (Lipinski definition) is 7. The van der Waals surface area contributed by atoms with Crippen LogP contribution in [0.3, 0.4) is 0 Å². The van der Waals surface area contributed by atoms with E-state index in [2.05, 4.69) is 19.9 Å². The van der Waals surface area contributed by atoms with Crippen LogP contribution in [0.4, 0.5) is 29.3 Å². The lowest BCUT2D eigenvalue weighted by molar-refractivity contribution is -0.137. The average molecular weight is 513 g/mol. The Morgan fingerprint density at radius 1 is 1.08 bits per heavy atom. The minimum Gasteiger partial charge on any atom is -0.444 e. The fourth-order valence-electron chi connectivity index (χ4n) is 4.62. The molecule has 0 N–H and O–H groups in total. The number of ether oxygens (including phenoxy) is 1. The number of hydrogen-bond donors (Lipinski definition) is 0. The second-order valence-electron chi connectivity index (χ2n) is 10.4. The molecule has 8 nitrogen and oxygen atoms in total. The first-order valence-electron chi connectivity index (χ1n) is 12.0. The van der Waals surface area contributed by atoms with E-state index in [4.69, 9.17) is 4.74 Å². The molecule has 1 amide bonds. The van der Waals surface area contributed by atoms with Crippen LogP contribution in [0.5, 0.6) is 0 Å². The molecule has 0 atom stereocenters. The predicted molar refractivity (Wildman–Crippen MR) is 133 cm³/mol. The summed E-state index contributed by atoms with van der Waals surface area (Å²) in [4.78, 5) is 32.9. The number of aromatic nitrogens is 3. The Labute approximate surface area is 212 Å². The largest absolute Gasteiger partial charge is 0.444 e. The average Bonchev–Trinajstić information content (AvgIpc) is 3.59. The molecule has 1 aromatic carbocycles. The number of amides is 1. The molecule has 194 valence electrons. The zero-order chi connectivity index (χ0) is 26.4. The van der Waals surface area contributed by atoms with Crippen molar-refractivity contribution in [2.45, 2.75) is 50.9 Å². The van der Waals surface area contributed by atoms with Crippen molar-refractivity contribution in [3.8, 4) is 0 Å². The standard InChI is InChI=1S/C26H27F3N6O2/c1-24(2,3)37-23(36)35-11-10-34(16-25(35)6-7-25)22-18(26(27,28)29)14-30-15-21(22)33-13-17-4-5-19-20(12-17)32-9-8-31-19/h4-5,8-9,12-15H,6-7,10-11,16H2,1-3H3. The summed E-state index contributed by atoms with van der Waals surface area (Å²) >= 11 is 0. The highest BCUT2D eigenvalue weighted by Gasteiger charge is 2.55. The summed E-state index contributed by atoms with van der Waals surface area (Å²) in [6.07, 6.45) is 3.17. The van der Waals surface area contributed by atoms with Gasteiger partial charge in [-0.25, -0.2) is 4.79 Å². The smallest absolute Gasteiger partial charge is 0.419 e. The van der Waals surface area contributed by atoms with Crippen molar-refractivity contribution in [1.82, 2.24) is 19.9 Å². The number of pyridine rings is 1. The molecule has 37 heavy (non-hydrogen) atoms. The summed E-state index contributed by atoms with van der Waals surface area (Å²) < 4.78 is 47.9. The van der Waals surface area contributed by atoms with Gasteiger partial charge in [0.25, 0.3) is 0 Å². The summed E-state index contributed by atoms with van der Waals surface area (Å²) in [6, 6.07) is 5.33. The molecule has 3 heterocycles. The number of aliphatic imine (C=N–C) groups is 1. The molecule has 11 heteroatoms. The molecule has 1 saturated heterocycles. The van der Waals surface area contributed by atoms with Gasteiger partial charge in [-0.1, -0.05) is 6.07 Å². The van der Waals surface area contributed by atoms with Crippen molar-refractivity contribution >= 4 is 34.7 Å². The molecule has 5 rings (SSSR count). The second kappa shape index (κ2) is 8.97. The van der Waals surface area contributed by atoms with Gasteiger partial charge in [-0.2, -0.15) is 13.2 Å². The Balaban J connectivity index is 1.47. The Morgan fingerprint density at radius 3 is 2.49 bits per heavy atom. The molecule has 1 spiro atoms. The number of carbonyl (C=O) groups is 1. The minimum atomic E-state index is -4.62. The van der Waals surface area contributed by atoms with E-state index in [9.17, 15) is 18.0 Å². The molecular formula is C26H27F3N6O2. The van der Waals surface area contributed by atoms with Gasteiger partial charge < -0.3 is 9.64 Å². The maximum absolute atomic E-state index is 14.1. The van der Waals surface area contributed by atoms with Crippen LogP contribution in [0, 0.1) is 0 Å². The molecule has 3 aromatic rings. The molecule has 1 saturated carbocycles. The number of carbonyl (C=O) groups excluding carboxylic acids is 1. The topological polar surface area (TPSA) is 83.8 Å². The van der Waals surface area contributed by atoms with Crippen LogP contribution in [-0.4, -0.2) is 62.9 Å². The molecule has 0 radical (unpaired) electrons. The summed E-state index contributed by atoms with van der Waals surface area (Å²) in [5, 5.41) is 0. The highest BCUT2D eigenvalue weighted by Crippen LogP contribution is 2.49. The van der Waals surface area contributed by atoms with Gasteiger partial charge in [-0.3, -0.25) is 24.8 Å². The molecule has 1 aliphatic carbocycles. The Hall–Kier alpha value is -3.76. The quantitative estimate of drug-likeness (QED) is 0.438. The second-order valence-corrected chi connectivity index (χ2v) is 10.4. The van der Waals surface area contributed by atoms with Crippen molar-refractivity contribution in [2.24, 2.45) is 4.99 Å². The summed E-state index contributed by atoms with van der Waals surface area (Å²) in [7, 11) is 0. The lowest BCUT2D eigenvalue weighted by atomic mass is 10.1. The van der Waals surface area contributed by atoms with Gasteiger partial charge in [-0.15, -0.1) is 0 Å². The first-order valence-corrected chi connectivity index (χ1v) is 12.0. The molecule has 0 unspecified atom stereocenters. The van der Waals surface area contributed by atoms with E-state index in [0.717, 1.165) is 6.20 Å². The van der Waals surface area contributed by atoms with E-state index in [1.165, 1.54) is 12.4 Å². The first-order chi connectivity index (χ1) is 17.5. The lowest BCUT2D eigenvalue weighted by Crippen LogP contribution is -2.58. The zero-order valence-electron chi connectivity index (χ0n) is 20.8. The third kappa shape index (κ3) is 5.21. The van der Waals surface area contributed by atoms with Crippen molar-refractivity contribution < 1.29 is 22.7 Å². The van der Waals surface area contributed by atoms with Crippen LogP contribution in [0.1, 0.15) is 44.7 Å². The number of piperazine rings is 1. The SMILES string of the molecule is CC(C)(C)OC(=O)N1CCN(c2c(N=Cc3ccc4nccnc4c3)cncc2C(F)(F)F)CC12CC2. The monoisotopic (exact) mass is 512 g/mol. The van der Waals surface area contributed by atoms with Crippen molar-refractivity contribution in [3.05, 3.63) is 54.1 Å². The van der Waals surface area contributed by atoms with Gasteiger partial charge in [0.15, 0.2) is 0 Å². The minimum absolute atomic E-state index is 0.0329. The predicted octanol–water partition coefficient (Wildman–Crippen LogP) is 5.38. The zero-order valence-corrected chi connectivity index (χ0v) is 20.8. The fourth-order valence-corrected chi connectivity index (χ4v) is 4.62. The van der Waals surface area contributed by atoms with Crippen molar-refractivity contribution in [1.29, 1.82) is 0 Å². The number of halogens is 3. The molecule has 2 fully saturated rings. The number of nitrogens with zero attached hydrogens (tertiary/aromatic N) is 6. The van der Waals surface area contributed by atoms with Crippen LogP contribution in [0.2, 0.25) is 0 Å². The van der Waals surface area contributed by atoms with E-state index in [1.807, 2.05) is 0 Å². The van der Waals surface area contributed by atoms with Gasteiger partial charge in [0.2, 0.25) is 0 Å². The van der Waals surface area contributed by atoms with E-state index < -0.39 is 29.0 Å². The van der Waals surface area contributed by atoms with Crippen LogP contribution in [0.15, 0.2) is 48.0 Å². The molecular weight excluding hydrogens is 485 g/mol. The van der Waals surface area contributed by atoms with Crippen LogP contribution < -0.4 is 4.90 Å². The normalized spacial score (nSPS) is 17.6. The van der Waals surface area contributed by atoms with Crippen LogP contribution in [-0.2, 0) is 10.9 Å². The highest BCUT2D eigenvalue weighted by atomic mass is 19.4. The molecule has 1 aliphatic heterocycles. The summed E-state index contributed by atoms with van der Waals surface area (Å²) in [5.41, 5.74) is 0.0454. The van der Waals surface area contributed by atoms with Crippen molar-refractivity contribution in [2.75, 3.05) is 24.5 Å². The number of anilines is 1. The molecule has 2 aliphatic rings. The van der Waals surface area contributed by atoms with E-state index in [-0.39, 0.29) is 31.0 Å². The Kier molecular flexibility index (Phi) is 6.04. The number of rotatable bonds is 3. The summed E-state index contributed by atoms with van der Waals surface area (Å²) in [6.45, 7) is 6.09. The number of benzene rings is 1. The first kappa shape index (κ1) is 24.9. The lowest BCUT2D eigenvalue weighted by Gasteiger charge is -2.44. The third-order valence-electron chi connectivity index (χ3n) is 6.46. The van der Waals surface area contributed by atoms with Gasteiger partial charge >= 0.3 is 12.3 Å². The fraction of sp³-hybridized carbons (Fsp3) is 0.423. The Bertz CT molecular complexity index is 1360.